The number of hydrogen-bond acceptors (Lipinski definition) is 1. The molecule has 60 valence electrons. The van der Waals surface area contributed by atoms with Gasteiger partial charge < -0.3 is 0 Å². The van der Waals surface area contributed by atoms with Crippen LogP contribution in [0.15, 0.2) is 0 Å². The number of pyridine rings is 1. The fourth-order valence-electron chi connectivity index (χ4n) is 0.716. The maximum Gasteiger partial charge on any atom is 0.135 e. The van der Waals surface area contributed by atoms with Crippen LogP contribution in [0.4, 0.5) is 0 Å². The zero-order valence-electron chi connectivity index (χ0n) is 6.08. The largest absolute Gasteiger partial charge is 0.224 e. The minimum atomic E-state index is 0.366. The van der Waals surface area contributed by atoms with Crippen molar-refractivity contribution in [3.8, 4) is 0 Å². The van der Waals surface area contributed by atoms with Gasteiger partial charge in [-0.05, 0) is 13.8 Å². The van der Waals surface area contributed by atoms with Crippen LogP contribution >= 0.6 is 34.8 Å². The van der Waals surface area contributed by atoms with Crippen molar-refractivity contribution in [1.29, 1.82) is 0 Å². The summed E-state index contributed by atoms with van der Waals surface area (Å²) in [6.45, 7) is 3.61. The molecule has 0 aromatic carbocycles. The molecule has 0 bridgehead atoms. The number of hydrogen-bond donors (Lipinski definition) is 0. The summed E-state index contributed by atoms with van der Waals surface area (Å²) in [7, 11) is 0. The molecule has 1 heterocycles. The molecule has 0 saturated carbocycles. The number of rotatable bonds is 0. The smallest absolute Gasteiger partial charge is 0.135 e. The van der Waals surface area contributed by atoms with Gasteiger partial charge in [-0.15, -0.1) is 0 Å². The third kappa shape index (κ3) is 1.61. The van der Waals surface area contributed by atoms with Crippen LogP contribution in [0.25, 0.3) is 0 Å². The molecule has 1 aromatic rings. The highest BCUT2D eigenvalue weighted by Crippen LogP contribution is 2.29. The minimum Gasteiger partial charge on any atom is -0.224 e. The van der Waals surface area contributed by atoms with Crippen LogP contribution in [-0.4, -0.2) is 4.98 Å². The van der Waals surface area contributed by atoms with Gasteiger partial charge in [-0.25, -0.2) is 4.98 Å². The average molecular weight is 210 g/mol. The maximum absolute atomic E-state index is 5.88. The first-order valence-electron chi connectivity index (χ1n) is 3.01. The van der Waals surface area contributed by atoms with Gasteiger partial charge in [0.05, 0.1) is 5.02 Å². The predicted molar refractivity (Wildman–Crippen MR) is 48.7 cm³/mol. The first-order chi connectivity index (χ1) is 5.04. The Balaban J connectivity index is 3.46. The summed E-state index contributed by atoms with van der Waals surface area (Å²) < 4.78 is 0. The van der Waals surface area contributed by atoms with E-state index in [1.54, 1.807) is 13.8 Å². The SMILES string of the molecule is Cc1c(Cl)nc(Cl)c(C)c1Cl. The van der Waals surface area contributed by atoms with E-state index in [-0.39, 0.29) is 0 Å². The van der Waals surface area contributed by atoms with Gasteiger partial charge in [-0.1, -0.05) is 34.8 Å². The monoisotopic (exact) mass is 209 g/mol. The molecule has 0 radical (unpaired) electrons. The van der Waals surface area contributed by atoms with E-state index in [0.29, 0.717) is 15.3 Å². The van der Waals surface area contributed by atoms with Crippen LogP contribution in [0.3, 0.4) is 0 Å². The molecule has 1 rings (SSSR count). The topological polar surface area (TPSA) is 12.9 Å². The molecule has 0 spiro atoms. The summed E-state index contributed by atoms with van der Waals surface area (Å²) in [5, 5.41) is 1.33. The van der Waals surface area contributed by atoms with E-state index in [0.717, 1.165) is 11.1 Å². The third-order valence-corrected chi connectivity index (χ3v) is 2.78. The molecule has 11 heavy (non-hydrogen) atoms. The van der Waals surface area contributed by atoms with E-state index < -0.39 is 0 Å². The maximum atomic E-state index is 5.88. The van der Waals surface area contributed by atoms with E-state index in [1.807, 2.05) is 0 Å². The highest BCUT2D eigenvalue weighted by molar-refractivity contribution is 6.38. The minimum absolute atomic E-state index is 0.366. The Bertz CT molecular complexity index is 270. The lowest BCUT2D eigenvalue weighted by Gasteiger charge is -2.04. The molecule has 0 aliphatic rings. The molecule has 0 amide bonds. The van der Waals surface area contributed by atoms with Crippen molar-refractivity contribution in [2.24, 2.45) is 0 Å². The lowest BCUT2D eigenvalue weighted by molar-refractivity contribution is 1.22. The summed E-state index contributed by atoms with van der Waals surface area (Å²) in [5.74, 6) is 0. The van der Waals surface area contributed by atoms with E-state index >= 15 is 0 Å². The van der Waals surface area contributed by atoms with Gasteiger partial charge in [0.15, 0.2) is 0 Å². The summed E-state index contributed by atoms with van der Waals surface area (Å²) in [6, 6.07) is 0. The Labute approximate surface area is 80.3 Å². The van der Waals surface area contributed by atoms with Gasteiger partial charge in [-0.2, -0.15) is 0 Å². The van der Waals surface area contributed by atoms with E-state index in [2.05, 4.69) is 4.98 Å². The molecule has 0 unspecified atom stereocenters. The standard InChI is InChI=1S/C7H6Cl3N/c1-3-5(8)4(2)7(10)11-6(3)9/h1-2H3. The molecule has 0 atom stereocenters. The molecule has 1 nitrogen and oxygen atoms in total. The van der Waals surface area contributed by atoms with Gasteiger partial charge in [0.2, 0.25) is 0 Å². The van der Waals surface area contributed by atoms with Gasteiger partial charge in [0.25, 0.3) is 0 Å². The Morgan fingerprint density at radius 1 is 0.909 bits per heavy atom. The first kappa shape index (κ1) is 9.11. The Morgan fingerprint density at radius 3 is 1.64 bits per heavy atom. The Kier molecular flexibility index (Phi) is 2.63. The van der Waals surface area contributed by atoms with Crippen molar-refractivity contribution < 1.29 is 0 Å². The van der Waals surface area contributed by atoms with Crippen molar-refractivity contribution in [3.05, 3.63) is 26.5 Å². The number of nitrogens with zero attached hydrogens (tertiary/aromatic N) is 1. The predicted octanol–water partition coefficient (Wildman–Crippen LogP) is 3.66. The van der Waals surface area contributed by atoms with Gasteiger partial charge in [0.1, 0.15) is 10.3 Å². The van der Waals surface area contributed by atoms with Gasteiger partial charge in [-0.3, -0.25) is 0 Å². The first-order valence-corrected chi connectivity index (χ1v) is 4.15. The lowest BCUT2D eigenvalue weighted by Crippen LogP contribution is -1.88. The zero-order valence-corrected chi connectivity index (χ0v) is 8.35. The van der Waals surface area contributed by atoms with Crippen LogP contribution in [-0.2, 0) is 0 Å². The van der Waals surface area contributed by atoms with E-state index in [1.165, 1.54) is 0 Å². The lowest BCUT2D eigenvalue weighted by atomic mass is 10.2. The number of aromatic nitrogens is 1. The third-order valence-electron chi connectivity index (χ3n) is 1.47. The molecule has 4 heteroatoms. The Morgan fingerprint density at radius 2 is 1.27 bits per heavy atom. The molecule has 1 aromatic heterocycles. The fraction of sp³-hybridized carbons (Fsp3) is 0.286. The molecule has 0 fully saturated rings. The summed E-state index contributed by atoms with van der Waals surface area (Å²) >= 11 is 17.3. The Hall–Kier alpha value is 0.0200. The second-order valence-corrected chi connectivity index (χ2v) is 3.35. The van der Waals surface area contributed by atoms with Crippen molar-refractivity contribution in [2.75, 3.05) is 0 Å². The summed E-state index contributed by atoms with van der Waals surface area (Å²) in [6.07, 6.45) is 0. The summed E-state index contributed by atoms with van der Waals surface area (Å²) in [4.78, 5) is 3.88. The fourth-order valence-corrected chi connectivity index (χ4v) is 1.39. The van der Waals surface area contributed by atoms with E-state index in [4.69, 9.17) is 34.8 Å². The van der Waals surface area contributed by atoms with Crippen LogP contribution in [0, 0.1) is 13.8 Å². The van der Waals surface area contributed by atoms with Crippen LogP contribution < -0.4 is 0 Å². The van der Waals surface area contributed by atoms with Gasteiger partial charge >= 0.3 is 0 Å². The average Bonchev–Trinajstić information content (AvgIpc) is 1.97. The van der Waals surface area contributed by atoms with Gasteiger partial charge in [0, 0.05) is 11.1 Å². The molecule has 0 aliphatic heterocycles. The normalized spacial score (nSPS) is 10.3. The van der Waals surface area contributed by atoms with Crippen molar-refractivity contribution in [2.45, 2.75) is 13.8 Å². The number of halogens is 3. The van der Waals surface area contributed by atoms with Crippen LogP contribution in [0.1, 0.15) is 11.1 Å². The van der Waals surface area contributed by atoms with E-state index in [9.17, 15) is 0 Å². The second-order valence-electron chi connectivity index (χ2n) is 2.26. The summed E-state index contributed by atoms with van der Waals surface area (Å²) in [5.41, 5.74) is 1.55. The van der Waals surface area contributed by atoms with Crippen molar-refractivity contribution >= 4 is 34.8 Å². The molecule has 0 saturated heterocycles. The quantitative estimate of drug-likeness (QED) is 0.596. The van der Waals surface area contributed by atoms with Crippen molar-refractivity contribution in [1.82, 2.24) is 4.98 Å². The molecule has 0 aliphatic carbocycles. The highest BCUT2D eigenvalue weighted by atomic mass is 35.5. The van der Waals surface area contributed by atoms with Crippen molar-refractivity contribution in [3.63, 3.8) is 0 Å². The molecule has 0 N–H and O–H groups in total. The molecular weight excluding hydrogens is 204 g/mol. The van der Waals surface area contributed by atoms with Crippen LogP contribution in [0.5, 0.6) is 0 Å². The highest BCUT2D eigenvalue weighted by Gasteiger charge is 2.08. The molecular formula is C7H6Cl3N. The second kappa shape index (κ2) is 3.18. The zero-order chi connectivity index (χ0) is 8.59. The van der Waals surface area contributed by atoms with Crippen LogP contribution in [0.2, 0.25) is 15.3 Å².